The summed E-state index contributed by atoms with van der Waals surface area (Å²) in [6.07, 6.45) is 2.71. The van der Waals surface area contributed by atoms with Crippen LogP contribution in [0.4, 0.5) is 0 Å². The highest BCUT2D eigenvalue weighted by atomic mass is 35.5. The average Bonchev–Trinajstić information content (AvgIpc) is 3.10. The van der Waals surface area contributed by atoms with E-state index in [0.717, 1.165) is 33.4 Å². The van der Waals surface area contributed by atoms with E-state index in [4.69, 9.17) is 16.3 Å². The Morgan fingerprint density at radius 2 is 2.24 bits per heavy atom. The van der Waals surface area contributed by atoms with E-state index in [1.807, 2.05) is 35.8 Å². The summed E-state index contributed by atoms with van der Waals surface area (Å²) < 4.78 is 8.43. The van der Waals surface area contributed by atoms with Gasteiger partial charge >= 0.3 is 0 Å². The first-order valence-corrected chi connectivity index (χ1v) is 7.99. The molecule has 4 rings (SSSR count). The van der Waals surface area contributed by atoms with Crippen molar-refractivity contribution in [1.82, 2.24) is 4.57 Å². The van der Waals surface area contributed by atoms with Crippen LogP contribution in [0.5, 0.6) is 5.75 Å². The highest BCUT2D eigenvalue weighted by Crippen LogP contribution is 2.33. The molecule has 0 N–H and O–H groups in total. The lowest BCUT2D eigenvalue weighted by Gasteiger charge is -2.11. The summed E-state index contributed by atoms with van der Waals surface area (Å²) in [5.41, 5.74) is 2.12. The SMILES string of the molecule is O=c1c2ccsc2ccn1Cc1cc(Cl)cc2c1OCC2. The maximum atomic E-state index is 12.5. The van der Waals surface area contributed by atoms with E-state index in [1.54, 1.807) is 15.9 Å². The molecule has 0 fully saturated rings. The molecule has 5 heteroatoms. The van der Waals surface area contributed by atoms with Crippen molar-refractivity contribution in [3.63, 3.8) is 0 Å². The fourth-order valence-corrected chi connectivity index (χ4v) is 3.81. The molecule has 0 saturated heterocycles. The molecule has 0 bridgehead atoms. The topological polar surface area (TPSA) is 31.2 Å². The van der Waals surface area contributed by atoms with Crippen LogP contribution < -0.4 is 10.3 Å². The first-order chi connectivity index (χ1) is 10.2. The zero-order chi connectivity index (χ0) is 14.4. The first kappa shape index (κ1) is 12.9. The molecular weight excluding hydrogens is 306 g/mol. The number of aromatic nitrogens is 1. The Labute approximate surface area is 130 Å². The van der Waals surface area contributed by atoms with Gasteiger partial charge in [-0.25, -0.2) is 0 Å². The zero-order valence-corrected chi connectivity index (χ0v) is 12.7. The maximum Gasteiger partial charge on any atom is 0.259 e. The first-order valence-electron chi connectivity index (χ1n) is 6.73. The van der Waals surface area contributed by atoms with Crippen molar-refractivity contribution >= 4 is 33.0 Å². The number of benzene rings is 1. The molecule has 1 aliphatic heterocycles. The summed E-state index contributed by atoms with van der Waals surface area (Å²) in [4.78, 5) is 12.5. The third-order valence-corrected chi connectivity index (χ3v) is 4.86. The van der Waals surface area contributed by atoms with Crippen molar-refractivity contribution in [2.75, 3.05) is 6.61 Å². The number of ether oxygens (including phenoxy) is 1. The minimum Gasteiger partial charge on any atom is -0.493 e. The highest BCUT2D eigenvalue weighted by molar-refractivity contribution is 7.17. The lowest BCUT2D eigenvalue weighted by molar-refractivity contribution is 0.352. The highest BCUT2D eigenvalue weighted by Gasteiger charge is 2.18. The van der Waals surface area contributed by atoms with Crippen LogP contribution in [0.1, 0.15) is 11.1 Å². The largest absolute Gasteiger partial charge is 0.493 e. The number of halogens is 1. The van der Waals surface area contributed by atoms with Crippen LogP contribution in [-0.2, 0) is 13.0 Å². The quantitative estimate of drug-likeness (QED) is 0.721. The predicted molar refractivity (Wildman–Crippen MR) is 85.8 cm³/mol. The zero-order valence-electron chi connectivity index (χ0n) is 11.1. The number of nitrogens with zero attached hydrogens (tertiary/aromatic N) is 1. The van der Waals surface area contributed by atoms with E-state index >= 15 is 0 Å². The molecule has 0 radical (unpaired) electrons. The van der Waals surface area contributed by atoms with Crippen molar-refractivity contribution in [2.45, 2.75) is 13.0 Å². The lowest BCUT2D eigenvalue weighted by atomic mass is 10.1. The van der Waals surface area contributed by atoms with Crippen LogP contribution in [0.2, 0.25) is 5.02 Å². The van der Waals surface area contributed by atoms with Gasteiger partial charge in [0.15, 0.2) is 0 Å². The smallest absolute Gasteiger partial charge is 0.259 e. The normalized spacial score (nSPS) is 13.4. The Hall–Kier alpha value is -1.78. The van der Waals surface area contributed by atoms with E-state index in [-0.39, 0.29) is 5.56 Å². The molecule has 0 saturated carbocycles. The van der Waals surface area contributed by atoms with Crippen LogP contribution in [-0.4, -0.2) is 11.2 Å². The minimum atomic E-state index is 0.0282. The summed E-state index contributed by atoms with van der Waals surface area (Å²) in [6.45, 7) is 1.16. The standard InChI is InChI=1S/C16H12ClNO2S/c17-12-7-10-2-5-20-15(10)11(8-12)9-18-4-1-14-13(16(18)19)3-6-21-14/h1,3-4,6-8H,2,5,9H2. The summed E-state index contributed by atoms with van der Waals surface area (Å²) in [5, 5.41) is 3.40. The number of thiophene rings is 1. The van der Waals surface area contributed by atoms with Crippen LogP contribution in [0, 0.1) is 0 Å². The summed E-state index contributed by atoms with van der Waals surface area (Å²) in [7, 11) is 0. The van der Waals surface area contributed by atoms with Gasteiger partial charge in [-0.15, -0.1) is 11.3 Å². The van der Waals surface area contributed by atoms with Crippen LogP contribution in [0.25, 0.3) is 10.1 Å². The van der Waals surface area contributed by atoms with Gasteiger partial charge in [-0.2, -0.15) is 0 Å². The summed E-state index contributed by atoms with van der Waals surface area (Å²) >= 11 is 7.75. The molecule has 1 aromatic carbocycles. The molecule has 0 unspecified atom stereocenters. The lowest BCUT2D eigenvalue weighted by Crippen LogP contribution is -2.19. The van der Waals surface area contributed by atoms with Gasteiger partial charge in [0.2, 0.25) is 0 Å². The van der Waals surface area contributed by atoms with Crippen molar-refractivity contribution in [2.24, 2.45) is 0 Å². The molecule has 3 aromatic rings. The third kappa shape index (κ3) is 2.15. The number of hydrogen-bond donors (Lipinski definition) is 0. The average molecular weight is 318 g/mol. The van der Waals surface area contributed by atoms with Crippen molar-refractivity contribution < 1.29 is 4.74 Å². The molecule has 21 heavy (non-hydrogen) atoms. The molecule has 0 amide bonds. The molecular formula is C16H12ClNO2S. The minimum absolute atomic E-state index is 0.0282. The van der Waals surface area contributed by atoms with Crippen molar-refractivity contribution in [1.29, 1.82) is 0 Å². The Kier molecular flexibility index (Phi) is 3.01. The second-order valence-electron chi connectivity index (χ2n) is 5.10. The van der Waals surface area contributed by atoms with Crippen molar-refractivity contribution in [3.8, 4) is 5.75 Å². The Balaban J connectivity index is 1.82. The Morgan fingerprint density at radius 1 is 1.33 bits per heavy atom. The number of hydrogen-bond acceptors (Lipinski definition) is 3. The molecule has 106 valence electrons. The predicted octanol–water partition coefficient (Wildman–Crippen LogP) is 3.70. The van der Waals surface area contributed by atoms with Crippen LogP contribution in [0.3, 0.4) is 0 Å². The van der Waals surface area contributed by atoms with Gasteiger partial charge in [0, 0.05) is 27.9 Å². The molecule has 0 aliphatic carbocycles. The van der Waals surface area contributed by atoms with Crippen LogP contribution in [0.15, 0.2) is 40.6 Å². The van der Waals surface area contributed by atoms with Gasteiger partial charge in [-0.1, -0.05) is 11.6 Å². The van der Waals surface area contributed by atoms with Gasteiger partial charge in [-0.3, -0.25) is 4.79 Å². The van der Waals surface area contributed by atoms with Gasteiger partial charge in [0.05, 0.1) is 18.5 Å². The molecule has 3 nitrogen and oxygen atoms in total. The van der Waals surface area contributed by atoms with Gasteiger partial charge in [0.1, 0.15) is 5.75 Å². The molecule has 1 aliphatic rings. The fourth-order valence-electron chi connectivity index (χ4n) is 2.78. The molecule has 3 heterocycles. The van der Waals surface area contributed by atoms with Gasteiger partial charge in [0.25, 0.3) is 5.56 Å². The summed E-state index contributed by atoms with van der Waals surface area (Å²) in [6, 6.07) is 7.68. The van der Waals surface area contributed by atoms with Gasteiger partial charge in [-0.05, 0) is 35.2 Å². The number of fused-ring (bicyclic) bond motifs is 2. The van der Waals surface area contributed by atoms with E-state index in [2.05, 4.69) is 0 Å². The summed E-state index contributed by atoms with van der Waals surface area (Å²) in [5.74, 6) is 0.886. The number of rotatable bonds is 2. The second kappa shape index (κ2) is 4.90. The van der Waals surface area contributed by atoms with E-state index < -0.39 is 0 Å². The third-order valence-electron chi connectivity index (χ3n) is 3.76. The molecule has 2 aromatic heterocycles. The second-order valence-corrected chi connectivity index (χ2v) is 6.48. The maximum absolute atomic E-state index is 12.5. The molecule has 0 atom stereocenters. The molecule has 0 spiro atoms. The number of pyridine rings is 1. The van der Waals surface area contributed by atoms with E-state index in [9.17, 15) is 4.79 Å². The fraction of sp³-hybridized carbons (Fsp3) is 0.188. The monoisotopic (exact) mass is 317 g/mol. The Morgan fingerprint density at radius 3 is 3.14 bits per heavy atom. The van der Waals surface area contributed by atoms with Crippen molar-refractivity contribution in [3.05, 3.63) is 62.3 Å². The van der Waals surface area contributed by atoms with Gasteiger partial charge < -0.3 is 9.30 Å². The van der Waals surface area contributed by atoms with E-state index in [1.165, 1.54) is 0 Å². The van der Waals surface area contributed by atoms with E-state index in [0.29, 0.717) is 18.2 Å². The van der Waals surface area contributed by atoms with Crippen LogP contribution >= 0.6 is 22.9 Å². The Bertz CT molecular complexity index is 897.